The van der Waals surface area contributed by atoms with Crippen molar-refractivity contribution in [3.63, 3.8) is 0 Å². The lowest BCUT2D eigenvalue weighted by molar-refractivity contribution is -0.136. The third-order valence-corrected chi connectivity index (χ3v) is 4.23. The standard InChI is InChI=1S/C13H15Cl2NO3S/c14-5-6-20-11(15)8-12(17)16-10-3-1-9(2-4-10)7-13(18)19/h1-4,11H,5-8H2,(H,16,17)(H,18,19)/t11-/m0/s1. The van der Waals surface area contributed by atoms with E-state index < -0.39 is 5.97 Å². The molecule has 0 aliphatic heterocycles. The molecule has 0 heterocycles. The summed E-state index contributed by atoms with van der Waals surface area (Å²) in [4.78, 5) is 22.3. The summed E-state index contributed by atoms with van der Waals surface area (Å²) < 4.78 is -0.306. The number of hydrogen-bond donors (Lipinski definition) is 2. The van der Waals surface area contributed by atoms with Gasteiger partial charge in [-0.25, -0.2) is 0 Å². The molecular formula is C13H15Cl2NO3S. The van der Waals surface area contributed by atoms with Crippen molar-refractivity contribution in [2.24, 2.45) is 0 Å². The average molecular weight is 336 g/mol. The van der Waals surface area contributed by atoms with E-state index in [0.717, 1.165) is 0 Å². The van der Waals surface area contributed by atoms with Crippen LogP contribution < -0.4 is 5.32 Å². The highest BCUT2D eigenvalue weighted by atomic mass is 35.5. The third kappa shape index (κ3) is 7.03. The van der Waals surface area contributed by atoms with Crippen molar-refractivity contribution in [2.75, 3.05) is 16.9 Å². The number of nitrogens with one attached hydrogen (secondary N) is 1. The average Bonchev–Trinajstić information content (AvgIpc) is 2.38. The van der Waals surface area contributed by atoms with Gasteiger partial charge in [-0.2, -0.15) is 0 Å². The van der Waals surface area contributed by atoms with Crippen LogP contribution in [0.15, 0.2) is 24.3 Å². The van der Waals surface area contributed by atoms with Crippen LogP contribution in [0.3, 0.4) is 0 Å². The Labute approximate surface area is 131 Å². The zero-order chi connectivity index (χ0) is 15.0. The number of carbonyl (C=O) groups excluding carboxylic acids is 1. The molecule has 4 nitrogen and oxygen atoms in total. The first kappa shape index (κ1) is 17.1. The largest absolute Gasteiger partial charge is 0.481 e. The van der Waals surface area contributed by atoms with E-state index in [1.807, 2.05) is 0 Å². The Morgan fingerprint density at radius 1 is 1.30 bits per heavy atom. The van der Waals surface area contributed by atoms with Gasteiger partial charge in [0.15, 0.2) is 0 Å². The molecule has 20 heavy (non-hydrogen) atoms. The number of aliphatic carboxylic acids is 1. The van der Waals surface area contributed by atoms with Gasteiger partial charge in [-0.1, -0.05) is 12.1 Å². The van der Waals surface area contributed by atoms with Crippen molar-refractivity contribution < 1.29 is 14.7 Å². The Hall–Kier alpha value is -0.910. The Balaban J connectivity index is 2.43. The van der Waals surface area contributed by atoms with Gasteiger partial charge in [0.2, 0.25) is 5.91 Å². The zero-order valence-electron chi connectivity index (χ0n) is 10.6. The number of thioether (sulfide) groups is 1. The normalized spacial score (nSPS) is 11.9. The summed E-state index contributed by atoms with van der Waals surface area (Å²) in [6.07, 6.45) is 0.160. The lowest BCUT2D eigenvalue weighted by Crippen LogP contribution is -2.15. The number of rotatable bonds is 8. The summed E-state index contributed by atoms with van der Waals surface area (Å²) in [7, 11) is 0. The van der Waals surface area contributed by atoms with Crippen molar-refractivity contribution >= 4 is 52.5 Å². The van der Waals surface area contributed by atoms with Gasteiger partial charge < -0.3 is 10.4 Å². The van der Waals surface area contributed by atoms with Crippen LogP contribution in [0.4, 0.5) is 5.69 Å². The van der Waals surface area contributed by atoms with Crippen LogP contribution in [-0.2, 0) is 16.0 Å². The molecule has 0 saturated carbocycles. The number of benzene rings is 1. The number of carboxylic acid groups (broad SMARTS) is 1. The maximum Gasteiger partial charge on any atom is 0.307 e. The van der Waals surface area contributed by atoms with Crippen LogP contribution in [0.5, 0.6) is 0 Å². The predicted octanol–water partition coefficient (Wildman–Crippen LogP) is 3.18. The SMILES string of the molecule is O=C(O)Cc1ccc(NC(=O)C[C@@H](Cl)SCCCl)cc1. The molecule has 0 bridgehead atoms. The number of amides is 1. The number of halogens is 2. The highest BCUT2D eigenvalue weighted by Crippen LogP contribution is 2.20. The molecule has 0 aromatic heterocycles. The minimum absolute atomic E-state index is 0.0347. The molecule has 0 fully saturated rings. The van der Waals surface area contributed by atoms with Crippen LogP contribution in [0.25, 0.3) is 0 Å². The van der Waals surface area contributed by atoms with Crippen molar-refractivity contribution in [1.82, 2.24) is 0 Å². The van der Waals surface area contributed by atoms with E-state index in [-0.39, 0.29) is 23.5 Å². The second-order valence-corrected chi connectivity index (χ2v) is 6.46. The smallest absolute Gasteiger partial charge is 0.307 e. The van der Waals surface area contributed by atoms with Crippen LogP contribution >= 0.6 is 35.0 Å². The molecule has 0 aliphatic carbocycles. The van der Waals surface area contributed by atoms with Gasteiger partial charge in [0, 0.05) is 17.3 Å². The molecule has 1 aromatic carbocycles. The quantitative estimate of drug-likeness (QED) is 0.716. The topological polar surface area (TPSA) is 66.4 Å². The molecule has 0 aliphatic rings. The van der Waals surface area contributed by atoms with E-state index in [4.69, 9.17) is 28.3 Å². The molecular weight excluding hydrogens is 321 g/mol. The molecule has 1 atom stereocenters. The molecule has 2 N–H and O–H groups in total. The van der Waals surface area contributed by atoms with E-state index in [1.165, 1.54) is 11.8 Å². The Morgan fingerprint density at radius 2 is 1.95 bits per heavy atom. The van der Waals surface area contributed by atoms with Crippen LogP contribution in [0.1, 0.15) is 12.0 Å². The monoisotopic (exact) mass is 335 g/mol. The first-order chi connectivity index (χ1) is 9.51. The van der Waals surface area contributed by atoms with E-state index in [2.05, 4.69) is 5.32 Å². The summed E-state index contributed by atoms with van der Waals surface area (Å²) in [5.41, 5.74) is 1.30. The number of alkyl halides is 2. The Kier molecular flexibility index (Phi) is 7.80. The van der Waals surface area contributed by atoms with Crippen LogP contribution in [0, 0.1) is 0 Å². The summed E-state index contributed by atoms with van der Waals surface area (Å²) in [6.45, 7) is 0. The van der Waals surface area contributed by atoms with Crippen molar-refractivity contribution in [3.05, 3.63) is 29.8 Å². The van der Waals surface area contributed by atoms with E-state index in [9.17, 15) is 9.59 Å². The van der Waals surface area contributed by atoms with Crippen LogP contribution in [-0.4, -0.2) is 33.3 Å². The molecule has 1 rings (SSSR count). The highest BCUT2D eigenvalue weighted by molar-refractivity contribution is 8.01. The number of carbonyl (C=O) groups is 2. The second kappa shape index (κ2) is 9.10. The molecule has 0 radical (unpaired) electrons. The molecule has 7 heteroatoms. The fourth-order valence-corrected chi connectivity index (χ4v) is 2.76. The fourth-order valence-electron chi connectivity index (χ4n) is 1.47. The first-order valence-electron chi connectivity index (χ1n) is 5.93. The minimum atomic E-state index is -0.886. The lowest BCUT2D eigenvalue weighted by Gasteiger charge is -2.09. The van der Waals surface area contributed by atoms with Gasteiger partial charge in [-0.15, -0.1) is 35.0 Å². The number of hydrogen-bond acceptors (Lipinski definition) is 3. The predicted molar refractivity (Wildman–Crippen MR) is 83.8 cm³/mol. The maximum atomic E-state index is 11.7. The van der Waals surface area contributed by atoms with Gasteiger partial charge in [0.25, 0.3) is 0 Å². The summed E-state index contributed by atoms with van der Waals surface area (Å²) in [5, 5.41) is 11.4. The number of carboxylic acids is 1. The maximum absolute atomic E-state index is 11.7. The third-order valence-electron chi connectivity index (χ3n) is 2.31. The van der Waals surface area contributed by atoms with Gasteiger partial charge in [-0.05, 0) is 17.7 Å². The van der Waals surface area contributed by atoms with Crippen LogP contribution in [0.2, 0.25) is 0 Å². The summed E-state index contributed by atoms with van der Waals surface area (Å²) in [5.74, 6) is 0.133. The number of anilines is 1. The Morgan fingerprint density at radius 3 is 2.50 bits per heavy atom. The van der Waals surface area contributed by atoms with Gasteiger partial charge in [0.05, 0.1) is 17.6 Å². The van der Waals surface area contributed by atoms with Gasteiger partial charge in [0.1, 0.15) is 0 Å². The molecule has 110 valence electrons. The highest BCUT2D eigenvalue weighted by Gasteiger charge is 2.11. The summed E-state index contributed by atoms with van der Waals surface area (Å²) >= 11 is 13.0. The van der Waals surface area contributed by atoms with Crippen molar-refractivity contribution in [2.45, 2.75) is 17.6 Å². The van der Waals surface area contributed by atoms with E-state index >= 15 is 0 Å². The molecule has 0 saturated heterocycles. The fraction of sp³-hybridized carbons (Fsp3) is 0.385. The van der Waals surface area contributed by atoms with Gasteiger partial charge in [-0.3, -0.25) is 9.59 Å². The molecule has 0 spiro atoms. The van der Waals surface area contributed by atoms with E-state index in [0.29, 0.717) is 22.9 Å². The second-order valence-electron chi connectivity index (χ2n) is 3.99. The van der Waals surface area contributed by atoms with Crippen molar-refractivity contribution in [3.8, 4) is 0 Å². The Bertz CT molecular complexity index is 453. The molecule has 1 amide bonds. The molecule has 0 unspecified atom stereocenters. The first-order valence-corrected chi connectivity index (χ1v) is 7.95. The van der Waals surface area contributed by atoms with E-state index in [1.54, 1.807) is 24.3 Å². The molecule has 1 aromatic rings. The van der Waals surface area contributed by atoms with Crippen molar-refractivity contribution in [1.29, 1.82) is 0 Å². The zero-order valence-corrected chi connectivity index (χ0v) is 13.0. The minimum Gasteiger partial charge on any atom is -0.481 e. The summed E-state index contributed by atoms with van der Waals surface area (Å²) in [6, 6.07) is 6.69. The van der Waals surface area contributed by atoms with Gasteiger partial charge >= 0.3 is 5.97 Å². The lowest BCUT2D eigenvalue weighted by atomic mass is 10.1.